The third-order valence-corrected chi connectivity index (χ3v) is 7.20. The van der Waals surface area contributed by atoms with Gasteiger partial charge in [-0.3, -0.25) is 9.59 Å². The average Bonchev–Trinajstić information content (AvgIpc) is 3.17. The number of hydrogen-bond acceptors (Lipinski definition) is 6. The minimum Gasteiger partial charge on any atom is -0.480 e. The number of fused-ring (bicyclic) bond motifs is 3. The molecule has 4 rings (SSSR count). The summed E-state index contributed by atoms with van der Waals surface area (Å²) < 4.78 is 5.47. The Balaban J connectivity index is 1.28. The third kappa shape index (κ3) is 5.96. The van der Waals surface area contributed by atoms with Crippen molar-refractivity contribution in [3.05, 3.63) is 70.9 Å². The van der Waals surface area contributed by atoms with Crippen LogP contribution in [0, 0.1) is 5.41 Å². The lowest BCUT2D eigenvalue weighted by atomic mass is 9.73. The summed E-state index contributed by atoms with van der Waals surface area (Å²) in [5.41, 5.74) is 4.74. The Kier molecular flexibility index (Phi) is 7.99. The van der Waals surface area contributed by atoms with Gasteiger partial charge in [0.05, 0.1) is 5.57 Å². The summed E-state index contributed by atoms with van der Waals surface area (Å²) in [6.45, 7) is 5.94. The molecule has 0 saturated heterocycles. The maximum absolute atomic E-state index is 12.5. The number of carboxylic acid groups (broad SMARTS) is 1. The molecule has 0 bridgehead atoms. The number of carbonyl (C=O) groups is 4. The van der Waals surface area contributed by atoms with Crippen LogP contribution in [0.25, 0.3) is 11.1 Å². The van der Waals surface area contributed by atoms with Gasteiger partial charge in [-0.15, -0.1) is 0 Å². The van der Waals surface area contributed by atoms with E-state index in [2.05, 4.69) is 10.6 Å². The van der Waals surface area contributed by atoms with Gasteiger partial charge in [0.15, 0.2) is 11.6 Å². The van der Waals surface area contributed by atoms with Crippen molar-refractivity contribution >= 4 is 23.6 Å². The number of benzene rings is 2. The van der Waals surface area contributed by atoms with E-state index in [1.807, 2.05) is 62.4 Å². The number of Topliss-reactive ketones (excluding diaryl/α,β-unsaturated/α-hetero) is 2. The fourth-order valence-electron chi connectivity index (χ4n) is 5.39. The van der Waals surface area contributed by atoms with Crippen LogP contribution in [0.2, 0.25) is 0 Å². The summed E-state index contributed by atoms with van der Waals surface area (Å²) in [5, 5.41) is 15.1. The number of carboxylic acids is 1. The van der Waals surface area contributed by atoms with Crippen molar-refractivity contribution in [3.63, 3.8) is 0 Å². The predicted molar refractivity (Wildman–Crippen MR) is 143 cm³/mol. The molecule has 1 atom stereocenters. The van der Waals surface area contributed by atoms with Crippen molar-refractivity contribution < 1.29 is 29.0 Å². The van der Waals surface area contributed by atoms with Gasteiger partial charge in [0.25, 0.3) is 0 Å². The highest BCUT2D eigenvalue weighted by Gasteiger charge is 2.36. The summed E-state index contributed by atoms with van der Waals surface area (Å²) in [6.07, 6.45) is 0.408. The summed E-state index contributed by atoms with van der Waals surface area (Å²) in [7, 11) is 0. The molecule has 2 aliphatic rings. The zero-order chi connectivity index (χ0) is 27.4. The van der Waals surface area contributed by atoms with E-state index in [0.29, 0.717) is 31.5 Å². The highest BCUT2D eigenvalue weighted by molar-refractivity contribution is 6.22. The Hall–Kier alpha value is -3.94. The van der Waals surface area contributed by atoms with Crippen LogP contribution in [0.4, 0.5) is 4.79 Å². The molecule has 1 saturated carbocycles. The summed E-state index contributed by atoms with van der Waals surface area (Å²) in [6, 6.07) is 14.8. The molecule has 0 aliphatic heterocycles. The Morgan fingerprint density at radius 2 is 1.55 bits per heavy atom. The van der Waals surface area contributed by atoms with E-state index in [4.69, 9.17) is 4.74 Å². The average molecular weight is 519 g/mol. The normalized spacial score (nSPS) is 16.9. The van der Waals surface area contributed by atoms with Crippen LogP contribution in [0.3, 0.4) is 0 Å². The van der Waals surface area contributed by atoms with Crippen LogP contribution in [0.5, 0.6) is 0 Å². The van der Waals surface area contributed by atoms with E-state index in [1.54, 1.807) is 6.92 Å². The molecule has 200 valence electrons. The number of alkyl carbamates (subject to hydrolysis) is 1. The number of ketones is 2. The molecule has 2 aliphatic carbocycles. The lowest BCUT2D eigenvalue weighted by Crippen LogP contribution is -2.41. The second kappa shape index (κ2) is 11.2. The first-order valence-electron chi connectivity index (χ1n) is 12.9. The van der Waals surface area contributed by atoms with Gasteiger partial charge in [-0.25, -0.2) is 9.59 Å². The van der Waals surface area contributed by atoms with Crippen molar-refractivity contribution in [3.8, 4) is 11.1 Å². The smallest absolute Gasteiger partial charge is 0.407 e. The number of hydrogen-bond donors (Lipinski definition) is 3. The minimum atomic E-state index is -1.16. The molecular formula is C30H34N2O6. The molecule has 0 unspecified atom stereocenters. The van der Waals surface area contributed by atoms with Crippen molar-refractivity contribution in [2.75, 3.05) is 13.2 Å². The number of carbonyl (C=O) groups excluding carboxylic acids is 3. The SMILES string of the molecule is CC(NCCC[C@H](NC(=O)OCC1c2ccccc2-c2ccccc21)C(=O)O)=C1C(=O)CC(C)(C)CC1=O. The highest BCUT2D eigenvalue weighted by Crippen LogP contribution is 2.44. The van der Waals surface area contributed by atoms with Gasteiger partial charge < -0.3 is 20.5 Å². The van der Waals surface area contributed by atoms with Crippen LogP contribution in [0.15, 0.2) is 59.8 Å². The predicted octanol–water partition coefficient (Wildman–Crippen LogP) is 4.58. The maximum atomic E-state index is 12.5. The standard InChI is InChI=1S/C30H34N2O6/c1-18(27-25(33)15-30(2,3)16-26(27)34)31-14-8-13-24(28(35)36)32-29(37)38-17-23-21-11-6-4-9-19(21)20-10-5-7-12-22(20)23/h4-7,9-12,23-24,31H,8,13-17H2,1-3H3,(H,32,37)(H,35,36)/t24-/m0/s1. The van der Waals surface area contributed by atoms with Gasteiger partial charge in [0.1, 0.15) is 12.6 Å². The summed E-state index contributed by atoms with van der Waals surface area (Å²) >= 11 is 0. The molecular weight excluding hydrogens is 484 g/mol. The van der Waals surface area contributed by atoms with Crippen molar-refractivity contribution in [2.45, 2.75) is 58.4 Å². The second-order valence-corrected chi connectivity index (χ2v) is 10.8. The van der Waals surface area contributed by atoms with Crippen molar-refractivity contribution in [1.82, 2.24) is 10.6 Å². The molecule has 2 aromatic carbocycles. The topological polar surface area (TPSA) is 122 Å². The molecule has 3 N–H and O–H groups in total. The van der Waals surface area contributed by atoms with Crippen LogP contribution < -0.4 is 10.6 Å². The van der Waals surface area contributed by atoms with E-state index >= 15 is 0 Å². The fraction of sp³-hybridized carbons (Fsp3) is 0.400. The van der Waals surface area contributed by atoms with Crippen molar-refractivity contribution in [1.29, 1.82) is 0 Å². The number of rotatable bonds is 9. The molecule has 0 radical (unpaired) electrons. The molecule has 1 amide bonds. The van der Waals surface area contributed by atoms with E-state index in [9.17, 15) is 24.3 Å². The first kappa shape index (κ1) is 27.1. The molecule has 1 fully saturated rings. The highest BCUT2D eigenvalue weighted by atomic mass is 16.5. The Labute approximate surface area is 222 Å². The van der Waals surface area contributed by atoms with Crippen molar-refractivity contribution in [2.24, 2.45) is 5.41 Å². The van der Waals surface area contributed by atoms with Crippen LogP contribution in [-0.4, -0.2) is 47.9 Å². The van der Waals surface area contributed by atoms with Gasteiger partial charge >= 0.3 is 12.1 Å². The molecule has 0 aromatic heterocycles. The van der Waals surface area contributed by atoms with Gasteiger partial charge in [0.2, 0.25) is 0 Å². The van der Waals surface area contributed by atoms with E-state index in [0.717, 1.165) is 22.3 Å². The van der Waals surface area contributed by atoms with Gasteiger partial charge in [-0.05, 0) is 47.4 Å². The van der Waals surface area contributed by atoms with Gasteiger partial charge in [-0.1, -0.05) is 62.4 Å². The maximum Gasteiger partial charge on any atom is 0.407 e. The largest absolute Gasteiger partial charge is 0.480 e. The van der Waals surface area contributed by atoms with Crippen LogP contribution >= 0.6 is 0 Å². The van der Waals surface area contributed by atoms with Crippen LogP contribution in [-0.2, 0) is 19.1 Å². The Morgan fingerprint density at radius 1 is 1.00 bits per heavy atom. The quantitative estimate of drug-likeness (QED) is 0.252. The minimum absolute atomic E-state index is 0.0966. The number of ether oxygens (including phenoxy) is 1. The van der Waals surface area contributed by atoms with Gasteiger partial charge in [0, 0.05) is 31.0 Å². The lowest BCUT2D eigenvalue weighted by Gasteiger charge is -2.29. The second-order valence-electron chi connectivity index (χ2n) is 10.8. The molecule has 8 heteroatoms. The number of aliphatic carboxylic acids is 1. The lowest BCUT2D eigenvalue weighted by molar-refractivity contribution is -0.139. The van der Waals surface area contributed by atoms with E-state index in [1.165, 1.54) is 0 Å². The fourth-order valence-corrected chi connectivity index (χ4v) is 5.39. The number of nitrogens with one attached hydrogen (secondary N) is 2. The number of amides is 1. The molecule has 2 aromatic rings. The number of allylic oxidation sites excluding steroid dienone is 2. The zero-order valence-corrected chi connectivity index (χ0v) is 22.0. The van der Waals surface area contributed by atoms with E-state index < -0.39 is 18.1 Å². The zero-order valence-electron chi connectivity index (χ0n) is 22.0. The summed E-state index contributed by atoms with van der Waals surface area (Å²) in [4.78, 5) is 49.2. The monoisotopic (exact) mass is 518 g/mol. The van der Waals surface area contributed by atoms with Crippen LogP contribution in [0.1, 0.15) is 63.5 Å². The first-order chi connectivity index (χ1) is 18.1. The summed E-state index contributed by atoms with van der Waals surface area (Å²) in [5.74, 6) is -1.62. The first-order valence-corrected chi connectivity index (χ1v) is 12.9. The Bertz CT molecular complexity index is 1230. The molecule has 0 heterocycles. The van der Waals surface area contributed by atoms with Gasteiger partial charge in [-0.2, -0.15) is 0 Å². The molecule has 38 heavy (non-hydrogen) atoms. The van der Waals surface area contributed by atoms with E-state index in [-0.39, 0.29) is 41.5 Å². The Morgan fingerprint density at radius 3 is 2.11 bits per heavy atom. The molecule has 8 nitrogen and oxygen atoms in total. The molecule has 0 spiro atoms. The third-order valence-electron chi connectivity index (χ3n) is 7.20.